The van der Waals surface area contributed by atoms with Crippen molar-refractivity contribution < 1.29 is 37.0 Å². The van der Waals surface area contributed by atoms with Gasteiger partial charge in [0.25, 0.3) is 5.56 Å². The van der Waals surface area contributed by atoms with Crippen LogP contribution in [0.4, 0.5) is 17.6 Å². The van der Waals surface area contributed by atoms with E-state index in [1.807, 2.05) is 0 Å². The van der Waals surface area contributed by atoms with Crippen molar-refractivity contribution in [1.82, 2.24) is 9.13 Å². The third kappa shape index (κ3) is 6.08. The number of hydrogen-bond acceptors (Lipinski definition) is 6. The molecule has 0 aliphatic heterocycles. The molecule has 184 valence electrons. The van der Waals surface area contributed by atoms with E-state index in [1.165, 1.54) is 6.92 Å². The third-order valence-electron chi connectivity index (χ3n) is 4.44. The van der Waals surface area contributed by atoms with E-state index in [2.05, 4.69) is 6.58 Å². The average molecular weight is 525 g/mol. The first kappa shape index (κ1) is 27.2. The van der Waals surface area contributed by atoms with E-state index in [4.69, 9.17) is 21.4 Å². The molecule has 34 heavy (non-hydrogen) atoms. The van der Waals surface area contributed by atoms with Crippen molar-refractivity contribution in [3.05, 3.63) is 67.7 Å². The zero-order valence-electron chi connectivity index (χ0n) is 17.6. The van der Waals surface area contributed by atoms with Gasteiger partial charge in [0.2, 0.25) is 0 Å². The van der Waals surface area contributed by atoms with Crippen LogP contribution in [0.3, 0.4) is 0 Å². The van der Waals surface area contributed by atoms with E-state index in [9.17, 15) is 36.7 Å². The Hall–Kier alpha value is -3.06. The molecule has 0 radical (unpaired) electrons. The highest BCUT2D eigenvalue weighted by Crippen LogP contribution is 2.34. The number of carbonyl (C=O) groups excluding carboxylic acids is 1. The highest BCUT2D eigenvalue weighted by atomic mass is 35.5. The largest absolute Gasteiger partial charge is 0.478 e. The summed E-state index contributed by atoms with van der Waals surface area (Å²) in [5.74, 6) is -3.17. The van der Waals surface area contributed by atoms with E-state index in [-0.39, 0.29) is 43.7 Å². The van der Waals surface area contributed by atoms with Gasteiger partial charge < -0.3 is 9.84 Å². The summed E-state index contributed by atoms with van der Waals surface area (Å²) in [4.78, 5) is 47.6. The number of hydrogen-bond donors (Lipinski definition) is 1. The summed E-state index contributed by atoms with van der Waals surface area (Å²) >= 11 is 6.77. The zero-order valence-corrected chi connectivity index (χ0v) is 19.2. The number of benzene rings is 1. The van der Waals surface area contributed by atoms with Crippen LogP contribution >= 0.6 is 23.4 Å². The van der Waals surface area contributed by atoms with Crippen molar-refractivity contribution >= 4 is 35.3 Å². The molecular weight excluding hydrogens is 508 g/mol. The van der Waals surface area contributed by atoms with Gasteiger partial charge in [-0.1, -0.05) is 18.2 Å². The Balaban J connectivity index is 2.37. The summed E-state index contributed by atoms with van der Waals surface area (Å²) in [6.07, 6.45) is -5.10. The van der Waals surface area contributed by atoms with Crippen LogP contribution in [0.25, 0.3) is 5.69 Å². The Kier molecular flexibility index (Phi) is 8.37. The number of carbonyl (C=O) groups is 2. The first-order valence-electron chi connectivity index (χ1n) is 9.29. The lowest BCUT2D eigenvalue weighted by atomic mass is 10.2. The lowest BCUT2D eigenvalue weighted by Gasteiger charge is -2.16. The number of halogens is 5. The molecule has 2 rings (SSSR count). The van der Waals surface area contributed by atoms with Gasteiger partial charge in [0, 0.05) is 30.0 Å². The summed E-state index contributed by atoms with van der Waals surface area (Å²) in [7, 11) is 0.779. The second-order valence-corrected chi connectivity index (χ2v) is 8.65. The molecule has 0 spiro atoms. The zero-order chi connectivity index (χ0) is 26.0. The van der Waals surface area contributed by atoms with Crippen molar-refractivity contribution in [2.24, 2.45) is 7.05 Å². The van der Waals surface area contributed by atoms with Gasteiger partial charge in [-0.15, -0.1) is 11.8 Å². The van der Waals surface area contributed by atoms with Crippen LogP contribution in [-0.2, 0) is 27.5 Å². The van der Waals surface area contributed by atoms with Crippen LogP contribution in [0, 0.1) is 5.82 Å². The number of carboxylic acids is 1. The minimum absolute atomic E-state index is 0.0336. The van der Waals surface area contributed by atoms with E-state index in [0.29, 0.717) is 0 Å². The molecule has 2 aromatic rings. The van der Waals surface area contributed by atoms with Crippen molar-refractivity contribution in [3.8, 4) is 5.69 Å². The number of nitrogens with zero attached hydrogens (tertiary/aromatic N) is 2. The lowest BCUT2D eigenvalue weighted by Crippen LogP contribution is -2.41. The number of aromatic nitrogens is 2. The summed E-state index contributed by atoms with van der Waals surface area (Å²) in [6, 6.07) is 1.86. The Labute approximate surface area is 198 Å². The second kappa shape index (κ2) is 10.5. The number of carboxylic acid groups (broad SMARTS) is 1. The number of rotatable bonds is 8. The molecule has 1 unspecified atom stereocenters. The molecule has 8 nitrogen and oxygen atoms in total. The van der Waals surface area contributed by atoms with E-state index < -0.39 is 51.8 Å². The van der Waals surface area contributed by atoms with Crippen LogP contribution < -0.4 is 11.2 Å². The van der Waals surface area contributed by atoms with Crippen LogP contribution in [0.1, 0.15) is 19.0 Å². The maximum absolute atomic E-state index is 14.6. The summed E-state index contributed by atoms with van der Waals surface area (Å²) in [5, 5.41) is 7.61. The van der Waals surface area contributed by atoms with Crippen molar-refractivity contribution in [1.29, 1.82) is 0 Å². The molecule has 14 heteroatoms. The maximum Gasteiger partial charge on any atom is 0.431 e. The summed E-state index contributed by atoms with van der Waals surface area (Å²) < 4.78 is 59.1. The van der Waals surface area contributed by atoms with E-state index in [1.54, 1.807) is 0 Å². The molecule has 0 saturated carbocycles. The third-order valence-corrected chi connectivity index (χ3v) is 6.00. The van der Waals surface area contributed by atoms with Gasteiger partial charge in [0.1, 0.15) is 16.8 Å². The van der Waals surface area contributed by atoms with Gasteiger partial charge in [-0.25, -0.2) is 18.5 Å². The molecule has 1 aromatic heterocycles. The maximum atomic E-state index is 14.6. The van der Waals surface area contributed by atoms with Crippen LogP contribution in [-0.4, -0.2) is 38.0 Å². The first-order valence-corrected chi connectivity index (χ1v) is 10.5. The smallest absolute Gasteiger partial charge is 0.431 e. The number of alkyl halides is 3. The molecule has 0 aliphatic carbocycles. The predicted octanol–water partition coefficient (Wildman–Crippen LogP) is 3.40. The number of aliphatic carboxylic acids is 1. The highest BCUT2D eigenvalue weighted by molar-refractivity contribution is 8.00. The van der Waals surface area contributed by atoms with Gasteiger partial charge in [-0.3, -0.25) is 14.2 Å². The fraction of sp³-hybridized carbons (Fsp3) is 0.300. The molecule has 1 atom stereocenters. The molecule has 1 N–H and O–H groups in total. The Morgan fingerprint density at radius 1 is 1.26 bits per heavy atom. The van der Waals surface area contributed by atoms with Crippen LogP contribution in [0.5, 0.6) is 0 Å². The van der Waals surface area contributed by atoms with Crippen LogP contribution in [0.2, 0.25) is 5.02 Å². The van der Waals surface area contributed by atoms with Crippen molar-refractivity contribution in [3.63, 3.8) is 0 Å². The monoisotopic (exact) mass is 524 g/mol. The minimum Gasteiger partial charge on any atom is -0.478 e. The second-order valence-electron chi connectivity index (χ2n) is 6.86. The molecule has 0 saturated heterocycles. The highest BCUT2D eigenvalue weighted by Gasteiger charge is 2.35. The molecule has 0 fully saturated rings. The topological polar surface area (TPSA) is 108 Å². The SMILES string of the molecule is C=C(CCOC(=O)C(C)Sc1cc(-n2c(=O)cc(C(F)(F)F)n(C)c2=O)c(F)cc1Cl)C(=O)O. The number of thioether (sulfide) groups is 1. The summed E-state index contributed by atoms with van der Waals surface area (Å²) in [5.41, 5.74) is -5.20. The standard InChI is InChI=1S/C20H17ClF4N2O6S/c1-9(17(29)30)4-5-33-18(31)10(2)34-14-7-13(12(22)6-11(14)21)27-16(28)8-15(20(23,24)25)26(3)19(27)32/h6-8,10H,1,4-5H2,2-3H3,(H,29,30). The molecule has 0 aliphatic rings. The Bertz CT molecular complexity index is 1270. The Morgan fingerprint density at radius 3 is 2.44 bits per heavy atom. The predicted molar refractivity (Wildman–Crippen MR) is 115 cm³/mol. The quantitative estimate of drug-likeness (QED) is 0.244. The number of ether oxygens (including phenoxy) is 1. The van der Waals surface area contributed by atoms with Gasteiger partial charge in [0.05, 0.1) is 17.3 Å². The molecule has 0 amide bonds. The van der Waals surface area contributed by atoms with E-state index in [0.717, 1.165) is 30.9 Å². The molecular formula is C20H17ClF4N2O6S. The Morgan fingerprint density at radius 2 is 1.88 bits per heavy atom. The van der Waals surface area contributed by atoms with Crippen molar-refractivity contribution in [2.75, 3.05) is 6.61 Å². The average Bonchev–Trinajstić information content (AvgIpc) is 2.72. The van der Waals surface area contributed by atoms with Gasteiger partial charge in [-0.2, -0.15) is 13.2 Å². The molecule has 1 heterocycles. The lowest BCUT2D eigenvalue weighted by molar-refractivity contribution is -0.144. The fourth-order valence-corrected chi connectivity index (χ4v) is 3.82. The molecule has 0 bridgehead atoms. The van der Waals surface area contributed by atoms with Crippen LogP contribution in [0.15, 0.2) is 44.8 Å². The first-order chi connectivity index (χ1) is 15.6. The summed E-state index contributed by atoms with van der Waals surface area (Å²) in [6.45, 7) is 4.44. The minimum atomic E-state index is -4.99. The van der Waals surface area contributed by atoms with Crippen molar-refractivity contribution in [2.45, 2.75) is 29.7 Å². The fourth-order valence-electron chi connectivity index (χ4n) is 2.64. The van der Waals surface area contributed by atoms with E-state index >= 15 is 0 Å². The van der Waals surface area contributed by atoms with Gasteiger partial charge in [-0.05, 0) is 19.1 Å². The normalized spacial score (nSPS) is 12.3. The number of esters is 1. The van der Waals surface area contributed by atoms with Gasteiger partial charge in [0.15, 0.2) is 0 Å². The molecule has 1 aromatic carbocycles. The van der Waals surface area contributed by atoms with Gasteiger partial charge >= 0.3 is 23.8 Å².